The number of hydrogen-bond donors (Lipinski definition) is 1. The number of methoxy groups -OCH3 is 1. The minimum absolute atomic E-state index is 0.0270. The van der Waals surface area contributed by atoms with E-state index in [4.69, 9.17) is 26.8 Å². The average Bonchev–Trinajstić information content (AvgIpc) is 2.24. The molecule has 1 fully saturated rings. The predicted octanol–water partition coefficient (Wildman–Crippen LogP) is 1.97. The van der Waals surface area contributed by atoms with E-state index in [1.165, 1.54) is 0 Å². The number of rotatable bonds is 4. The average molecular weight is 242 g/mol. The minimum atomic E-state index is 0.0270. The van der Waals surface area contributed by atoms with E-state index in [1.807, 2.05) is 24.3 Å². The highest BCUT2D eigenvalue weighted by atomic mass is 35.5. The molecule has 0 spiro atoms. The first kappa shape index (κ1) is 11.9. The highest BCUT2D eigenvalue weighted by Crippen LogP contribution is 2.26. The lowest BCUT2D eigenvalue weighted by Crippen LogP contribution is -2.57. The van der Waals surface area contributed by atoms with Crippen LogP contribution in [0.4, 0.5) is 0 Å². The fourth-order valence-corrected chi connectivity index (χ4v) is 2.15. The summed E-state index contributed by atoms with van der Waals surface area (Å²) in [4.78, 5) is 0. The third-order valence-corrected chi connectivity index (χ3v) is 3.15. The lowest BCUT2D eigenvalue weighted by molar-refractivity contribution is -0.131. The molecule has 2 rings (SSSR count). The topological polar surface area (TPSA) is 44.5 Å². The van der Waals surface area contributed by atoms with Crippen LogP contribution in [0.2, 0.25) is 5.02 Å². The summed E-state index contributed by atoms with van der Waals surface area (Å²) in [7, 11) is 1.67. The molecule has 0 bridgehead atoms. The van der Waals surface area contributed by atoms with E-state index in [0.717, 1.165) is 17.0 Å². The summed E-state index contributed by atoms with van der Waals surface area (Å²) in [5.41, 5.74) is 6.86. The first-order valence-electron chi connectivity index (χ1n) is 5.35. The van der Waals surface area contributed by atoms with E-state index in [9.17, 15) is 0 Å². The van der Waals surface area contributed by atoms with Crippen molar-refractivity contribution in [3.63, 3.8) is 0 Å². The van der Waals surface area contributed by atoms with Crippen molar-refractivity contribution in [3.8, 4) is 0 Å². The normalized spacial score (nSPS) is 28.8. The molecule has 4 heteroatoms. The van der Waals surface area contributed by atoms with Gasteiger partial charge in [0.1, 0.15) is 0 Å². The zero-order valence-corrected chi connectivity index (χ0v) is 9.98. The Balaban J connectivity index is 1.84. The van der Waals surface area contributed by atoms with Gasteiger partial charge in [0.05, 0.1) is 18.8 Å². The Morgan fingerprint density at radius 3 is 2.94 bits per heavy atom. The van der Waals surface area contributed by atoms with E-state index in [1.54, 1.807) is 7.11 Å². The summed E-state index contributed by atoms with van der Waals surface area (Å²) in [6, 6.07) is 7.77. The lowest BCUT2D eigenvalue weighted by Gasteiger charge is -2.40. The van der Waals surface area contributed by atoms with Gasteiger partial charge in [-0.1, -0.05) is 23.7 Å². The Morgan fingerprint density at radius 2 is 2.31 bits per heavy atom. The smallest absolute Gasteiger partial charge is 0.0984 e. The van der Waals surface area contributed by atoms with Crippen LogP contribution in [0.25, 0.3) is 0 Å². The fourth-order valence-electron chi connectivity index (χ4n) is 1.94. The number of nitrogens with two attached hydrogens (primary N) is 1. The predicted molar refractivity (Wildman–Crippen MR) is 63.4 cm³/mol. The van der Waals surface area contributed by atoms with Gasteiger partial charge in [-0.2, -0.15) is 0 Å². The largest absolute Gasteiger partial charge is 0.377 e. The molecule has 0 radical (unpaired) electrons. The van der Waals surface area contributed by atoms with Crippen molar-refractivity contribution in [2.45, 2.75) is 31.3 Å². The molecule has 0 aromatic heterocycles. The number of ether oxygens (including phenoxy) is 2. The molecule has 3 unspecified atom stereocenters. The van der Waals surface area contributed by atoms with Gasteiger partial charge in [-0.25, -0.2) is 0 Å². The van der Waals surface area contributed by atoms with Gasteiger partial charge >= 0.3 is 0 Å². The van der Waals surface area contributed by atoms with Gasteiger partial charge in [0.15, 0.2) is 0 Å². The molecule has 3 nitrogen and oxygen atoms in total. The number of hydrogen-bond acceptors (Lipinski definition) is 3. The van der Waals surface area contributed by atoms with Crippen LogP contribution in [0.15, 0.2) is 24.3 Å². The van der Waals surface area contributed by atoms with Crippen molar-refractivity contribution >= 4 is 11.6 Å². The molecule has 0 saturated heterocycles. The van der Waals surface area contributed by atoms with Crippen molar-refractivity contribution in [2.24, 2.45) is 5.73 Å². The van der Waals surface area contributed by atoms with E-state index < -0.39 is 0 Å². The highest BCUT2D eigenvalue weighted by molar-refractivity contribution is 6.30. The summed E-state index contributed by atoms with van der Waals surface area (Å²) < 4.78 is 11.0. The summed E-state index contributed by atoms with van der Waals surface area (Å²) in [5.74, 6) is 0. The van der Waals surface area contributed by atoms with Gasteiger partial charge in [0.2, 0.25) is 0 Å². The first-order chi connectivity index (χ1) is 7.70. The Hall–Kier alpha value is -0.610. The minimum Gasteiger partial charge on any atom is -0.377 e. The van der Waals surface area contributed by atoms with Crippen molar-refractivity contribution in [2.75, 3.05) is 7.11 Å². The van der Waals surface area contributed by atoms with E-state index >= 15 is 0 Å². The summed E-state index contributed by atoms with van der Waals surface area (Å²) in [5, 5.41) is 0.731. The molecule has 0 heterocycles. The molecule has 1 aliphatic rings. The highest BCUT2D eigenvalue weighted by Gasteiger charge is 2.39. The fraction of sp³-hybridized carbons (Fsp3) is 0.500. The molecule has 16 heavy (non-hydrogen) atoms. The van der Waals surface area contributed by atoms with E-state index in [-0.39, 0.29) is 18.2 Å². The number of benzene rings is 1. The SMILES string of the molecule is COC1C(N)CC1OCc1cccc(Cl)c1. The maximum atomic E-state index is 5.89. The zero-order chi connectivity index (χ0) is 11.5. The summed E-state index contributed by atoms with van der Waals surface area (Å²) >= 11 is 5.89. The Bertz CT molecular complexity index is 359. The standard InChI is InChI=1S/C12H16ClNO2/c1-15-12-10(14)6-11(12)16-7-8-3-2-4-9(13)5-8/h2-5,10-12H,6-7,14H2,1H3. The van der Waals surface area contributed by atoms with E-state index in [0.29, 0.717) is 6.61 Å². The number of halogens is 1. The first-order valence-corrected chi connectivity index (χ1v) is 5.73. The third-order valence-electron chi connectivity index (χ3n) is 2.92. The lowest BCUT2D eigenvalue weighted by atomic mass is 9.86. The van der Waals surface area contributed by atoms with Gasteiger partial charge < -0.3 is 15.2 Å². The van der Waals surface area contributed by atoms with Crippen LogP contribution in [0.5, 0.6) is 0 Å². The van der Waals surface area contributed by atoms with Crippen molar-refractivity contribution in [3.05, 3.63) is 34.9 Å². The molecule has 1 aromatic carbocycles. The Kier molecular flexibility index (Phi) is 3.82. The summed E-state index contributed by atoms with van der Waals surface area (Å²) in [6.07, 6.45) is 0.997. The molecule has 1 saturated carbocycles. The van der Waals surface area contributed by atoms with Crippen LogP contribution in [0, 0.1) is 0 Å². The molecule has 3 atom stereocenters. The molecule has 1 aliphatic carbocycles. The maximum absolute atomic E-state index is 5.89. The van der Waals surface area contributed by atoms with Crippen LogP contribution in [0.1, 0.15) is 12.0 Å². The van der Waals surface area contributed by atoms with Gasteiger partial charge in [-0.05, 0) is 24.1 Å². The second kappa shape index (κ2) is 5.15. The van der Waals surface area contributed by atoms with Gasteiger partial charge in [0.25, 0.3) is 0 Å². The monoisotopic (exact) mass is 241 g/mol. The van der Waals surface area contributed by atoms with Crippen molar-refractivity contribution in [1.29, 1.82) is 0 Å². The molecule has 88 valence electrons. The summed E-state index contributed by atoms with van der Waals surface area (Å²) in [6.45, 7) is 0.553. The van der Waals surface area contributed by atoms with Crippen LogP contribution in [-0.2, 0) is 16.1 Å². The molecular formula is C12H16ClNO2. The van der Waals surface area contributed by atoms with Crippen LogP contribution < -0.4 is 5.73 Å². The van der Waals surface area contributed by atoms with Crippen molar-refractivity contribution in [1.82, 2.24) is 0 Å². The van der Waals surface area contributed by atoms with Crippen LogP contribution in [-0.4, -0.2) is 25.4 Å². The molecule has 0 amide bonds. The van der Waals surface area contributed by atoms with Crippen molar-refractivity contribution < 1.29 is 9.47 Å². The van der Waals surface area contributed by atoms with Crippen LogP contribution in [0.3, 0.4) is 0 Å². The van der Waals surface area contributed by atoms with Gasteiger partial charge in [0, 0.05) is 18.2 Å². The Morgan fingerprint density at radius 1 is 1.50 bits per heavy atom. The second-order valence-electron chi connectivity index (χ2n) is 4.08. The van der Waals surface area contributed by atoms with Crippen LogP contribution >= 0.6 is 11.6 Å². The zero-order valence-electron chi connectivity index (χ0n) is 9.23. The molecule has 1 aromatic rings. The Labute approximate surface area is 100 Å². The van der Waals surface area contributed by atoms with E-state index in [2.05, 4.69) is 0 Å². The van der Waals surface area contributed by atoms with Gasteiger partial charge in [-0.15, -0.1) is 0 Å². The molecular weight excluding hydrogens is 226 g/mol. The molecule has 0 aliphatic heterocycles. The van der Waals surface area contributed by atoms with Gasteiger partial charge in [-0.3, -0.25) is 0 Å². The molecule has 2 N–H and O–H groups in total. The second-order valence-corrected chi connectivity index (χ2v) is 4.52. The maximum Gasteiger partial charge on any atom is 0.0984 e. The third kappa shape index (κ3) is 2.55. The quantitative estimate of drug-likeness (QED) is 0.877.